The second-order valence-corrected chi connectivity index (χ2v) is 7.71. The molecule has 0 saturated carbocycles. The van der Waals surface area contributed by atoms with Crippen molar-refractivity contribution in [2.24, 2.45) is 0 Å². The highest BCUT2D eigenvalue weighted by Gasteiger charge is 2.12. The molecule has 3 heteroatoms. The van der Waals surface area contributed by atoms with Crippen molar-refractivity contribution in [3.63, 3.8) is 0 Å². The minimum atomic E-state index is -0.291. The summed E-state index contributed by atoms with van der Waals surface area (Å²) in [6, 6.07) is 9.37. The molecule has 0 aromatic heterocycles. The summed E-state index contributed by atoms with van der Waals surface area (Å²) in [6.07, 6.45) is 17.6. The minimum absolute atomic E-state index is 0.0426. The van der Waals surface area contributed by atoms with Gasteiger partial charge in [0.1, 0.15) is 0 Å². The lowest BCUT2D eigenvalue weighted by atomic mass is 10.0. The SMILES string of the molecule is CCCCCCCCCCCCCCCC(=O)N[C@H](CO)c1ccccc1. The number of carbonyl (C=O) groups is 1. The summed E-state index contributed by atoms with van der Waals surface area (Å²) in [7, 11) is 0. The van der Waals surface area contributed by atoms with Crippen molar-refractivity contribution >= 4 is 5.91 Å². The first-order chi connectivity index (χ1) is 13.3. The van der Waals surface area contributed by atoms with Gasteiger partial charge in [-0.25, -0.2) is 0 Å². The number of hydrogen-bond acceptors (Lipinski definition) is 2. The average molecular weight is 376 g/mol. The summed E-state index contributed by atoms with van der Waals surface area (Å²) in [6.45, 7) is 2.21. The van der Waals surface area contributed by atoms with Crippen LogP contribution < -0.4 is 5.32 Å². The van der Waals surface area contributed by atoms with Crippen molar-refractivity contribution in [1.82, 2.24) is 5.32 Å². The molecule has 0 fully saturated rings. The Morgan fingerprint density at radius 2 is 1.30 bits per heavy atom. The first kappa shape index (κ1) is 23.7. The van der Waals surface area contributed by atoms with Gasteiger partial charge in [-0.15, -0.1) is 0 Å². The van der Waals surface area contributed by atoms with Crippen molar-refractivity contribution in [1.29, 1.82) is 0 Å². The maximum absolute atomic E-state index is 12.1. The zero-order valence-corrected chi connectivity index (χ0v) is 17.4. The third kappa shape index (κ3) is 12.6. The monoisotopic (exact) mass is 375 g/mol. The fourth-order valence-electron chi connectivity index (χ4n) is 3.49. The lowest BCUT2D eigenvalue weighted by molar-refractivity contribution is -0.122. The largest absolute Gasteiger partial charge is 0.394 e. The molecule has 1 aromatic rings. The number of hydrogen-bond donors (Lipinski definition) is 2. The molecule has 2 N–H and O–H groups in total. The number of benzene rings is 1. The summed E-state index contributed by atoms with van der Waals surface area (Å²) < 4.78 is 0. The molecule has 1 rings (SSSR count). The first-order valence-electron chi connectivity index (χ1n) is 11.2. The first-order valence-corrected chi connectivity index (χ1v) is 11.2. The number of aliphatic hydroxyl groups is 1. The molecule has 0 spiro atoms. The summed E-state index contributed by atoms with van der Waals surface area (Å²) in [5.74, 6) is 0.0426. The number of carbonyl (C=O) groups excluding carboxylic acids is 1. The smallest absolute Gasteiger partial charge is 0.220 e. The van der Waals surface area contributed by atoms with E-state index in [1.807, 2.05) is 30.3 Å². The van der Waals surface area contributed by atoms with Crippen LogP contribution in [0.15, 0.2) is 30.3 Å². The Labute approximate surface area is 167 Å². The van der Waals surface area contributed by atoms with Crippen LogP contribution in [0.1, 0.15) is 108 Å². The Bertz CT molecular complexity index is 461. The van der Waals surface area contributed by atoms with Crippen LogP contribution in [0.5, 0.6) is 0 Å². The van der Waals surface area contributed by atoms with Gasteiger partial charge in [-0.1, -0.05) is 114 Å². The van der Waals surface area contributed by atoms with E-state index in [4.69, 9.17) is 0 Å². The quantitative estimate of drug-likeness (QED) is 0.313. The molecule has 3 nitrogen and oxygen atoms in total. The van der Waals surface area contributed by atoms with Crippen molar-refractivity contribution in [3.05, 3.63) is 35.9 Å². The van der Waals surface area contributed by atoms with Crippen molar-refractivity contribution in [3.8, 4) is 0 Å². The molecule has 0 aliphatic rings. The van der Waals surface area contributed by atoms with E-state index >= 15 is 0 Å². The topological polar surface area (TPSA) is 49.3 Å². The third-order valence-corrected chi connectivity index (χ3v) is 5.23. The average Bonchev–Trinajstić information content (AvgIpc) is 2.70. The van der Waals surface area contributed by atoms with Gasteiger partial charge >= 0.3 is 0 Å². The van der Waals surface area contributed by atoms with E-state index in [1.54, 1.807) is 0 Å². The number of nitrogens with one attached hydrogen (secondary N) is 1. The molecule has 27 heavy (non-hydrogen) atoms. The van der Waals surface area contributed by atoms with E-state index in [2.05, 4.69) is 12.2 Å². The predicted molar refractivity (Wildman–Crippen MR) is 115 cm³/mol. The van der Waals surface area contributed by atoms with Crippen LogP contribution in [0, 0.1) is 0 Å². The Morgan fingerprint density at radius 3 is 1.78 bits per heavy atom. The Hall–Kier alpha value is -1.35. The summed E-state index contributed by atoms with van der Waals surface area (Å²) >= 11 is 0. The molecule has 0 bridgehead atoms. The van der Waals surface area contributed by atoms with E-state index in [1.165, 1.54) is 70.6 Å². The summed E-state index contributed by atoms with van der Waals surface area (Å²) in [5, 5.41) is 12.4. The lowest BCUT2D eigenvalue weighted by Gasteiger charge is -2.16. The highest BCUT2D eigenvalue weighted by atomic mass is 16.3. The fourth-order valence-corrected chi connectivity index (χ4v) is 3.49. The molecule has 1 atom stereocenters. The number of aliphatic hydroxyl groups excluding tert-OH is 1. The maximum Gasteiger partial charge on any atom is 0.220 e. The van der Waals surface area contributed by atoms with Gasteiger partial charge in [0, 0.05) is 6.42 Å². The predicted octanol–water partition coefficient (Wildman–Crippen LogP) is 6.32. The van der Waals surface area contributed by atoms with Gasteiger partial charge in [0.15, 0.2) is 0 Å². The summed E-state index contributed by atoms with van der Waals surface area (Å²) in [5.41, 5.74) is 0.957. The van der Waals surface area contributed by atoms with Crippen LogP contribution in [0.3, 0.4) is 0 Å². The standard InChI is InChI=1S/C24H41NO2/c1-2-3-4-5-6-7-8-9-10-11-12-13-17-20-24(27)25-23(21-26)22-18-15-14-16-19-22/h14-16,18-19,23,26H,2-13,17,20-21H2,1H3,(H,25,27)/t23-/m1/s1. The Balaban J connectivity index is 1.93. The third-order valence-electron chi connectivity index (χ3n) is 5.23. The lowest BCUT2D eigenvalue weighted by Crippen LogP contribution is -2.30. The van der Waals surface area contributed by atoms with Gasteiger partial charge in [-0.3, -0.25) is 4.79 Å². The number of amides is 1. The van der Waals surface area contributed by atoms with Gasteiger partial charge < -0.3 is 10.4 Å². The Kier molecular flexibility index (Phi) is 14.7. The minimum Gasteiger partial charge on any atom is -0.394 e. The Morgan fingerprint density at radius 1 is 0.815 bits per heavy atom. The van der Waals surface area contributed by atoms with E-state index < -0.39 is 0 Å². The highest BCUT2D eigenvalue weighted by molar-refractivity contribution is 5.76. The molecule has 0 unspecified atom stereocenters. The second-order valence-electron chi connectivity index (χ2n) is 7.71. The van der Waals surface area contributed by atoms with Gasteiger partial charge in [0.25, 0.3) is 0 Å². The van der Waals surface area contributed by atoms with Crippen LogP contribution >= 0.6 is 0 Å². The normalized spacial score (nSPS) is 12.1. The zero-order valence-electron chi connectivity index (χ0n) is 17.4. The molecule has 0 radical (unpaired) electrons. The van der Waals surface area contributed by atoms with E-state index in [0.717, 1.165) is 18.4 Å². The van der Waals surface area contributed by atoms with Gasteiger partial charge in [-0.05, 0) is 12.0 Å². The molecule has 1 amide bonds. The van der Waals surface area contributed by atoms with Crippen LogP contribution in [0.2, 0.25) is 0 Å². The van der Waals surface area contributed by atoms with Crippen molar-refractivity contribution < 1.29 is 9.90 Å². The van der Waals surface area contributed by atoms with Gasteiger partial charge in [-0.2, -0.15) is 0 Å². The molecule has 0 heterocycles. The molecule has 154 valence electrons. The van der Waals surface area contributed by atoms with E-state index in [0.29, 0.717) is 6.42 Å². The second kappa shape index (κ2) is 16.8. The van der Waals surface area contributed by atoms with Crippen LogP contribution in [-0.4, -0.2) is 17.6 Å². The van der Waals surface area contributed by atoms with E-state index in [9.17, 15) is 9.90 Å². The van der Waals surface area contributed by atoms with E-state index in [-0.39, 0.29) is 18.6 Å². The summed E-state index contributed by atoms with van der Waals surface area (Å²) in [4.78, 5) is 12.1. The molecular formula is C24H41NO2. The van der Waals surface area contributed by atoms with Gasteiger partial charge in [0.05, 0.1) is 12.6 Å². The molecule has 0 aliphatic carbocycles. The highest BCUT2D eigenvalue weighted by Crippen LogP contribution is 2.14. The molecular weight excluding hydrogens is 334 g/mol. The number of unbranched alkanes of at least 4 members (excludes halogenated alkanes) is 12. The maximum atomic E-state index is 12.1. The van der Waals surface area contributed by atoms with Crippen LogP contribution in [0.4, 0.5) is 0 Å². The van der Waals surface area contributed by atoms with Crippen LogP contribution in [0.25, 0.3) is 0 Å². The van der Waals surface area contributed by atoms with Gasteiger partial charge in [0.2, 0.25) is 5.91 Å². The molecule has 0 saturated heterocycles. The van der Waals surface area contributed by atoms with Crippen LogP contribution in [-0.2, 0) is 4.79 Å². The van der Waals surface area contributed by atoms with Crippen molar-refractivity contribution in [2.75, 3.05) is 6.61 Å². The number of rotatable bonds is 17. The molecule has 1 aromatic carbocycles. The van der Waals surface area contributed by atoms with Crippen molar-refractivity contribution in [2.45, 2.75) is 103 Å². The fraction of sp³-hybridized carbons (Fsp3) is 0.708. The zero-order chi connectivity index (χ0) is 19.6. The molecule has 0 aliphatic heterocycles.